The van der Waals surface area contributed by atoms with Crippen molar-refractivity contribution in [2.75, 3.05) is 0 Å². The van der Waals surface area contributed by atoms with Gasteiger partial charge in [0.25, 0.3) is 0 Å². The molecule has 0 aliphatic carbocycles. The number of rotatable bonds is 1. The zero-order chi connectivity index (χ0) is 5.98. The number of hydrogen-bond acceptors (Lipinski definition) is 2. The molecule has 0 unspecified atom stereocenters. The Bertz CT molecular complexity index is 184. The van der Waals surface area contributed by atoms with E-state index in [1.165, 1.54) is 12.3 Å². The van der Waals surface area contributed by atoms with Crippen molar-refractivity contribution in [2.24, 2.45) is 0 Å². The molecule has 1 radical (unpaired) electrons. The van der Waals surface area contributed by atoms with Crippen LogP contribution in [-0.4, -0.2) is 9.91 Å². The van der Waals surface area contributed by atoms with E-state index in [0.29, 0.717) is 0 Å². The van der Waals surface area contributed by atoms with Gasteiger partial charge in [-0.25, -0.2) is 4.98 Å². The van der Waals surface area contributed by atoms with Gasteiger partial charge in [-0.15, -0.1) is 0 Å². The largest absolute Gasteiger partial charge is 0.358 e. The predicted octanol–water partition coefficient (Wildman–Crippen LogP) is 0.920. The molecule has 1 rings (SSSR count). The van der Waals surface area contributed by atoms with Crippen LogP contribution in [0.4, 0.5) is 5.82 Å². The second-order valence-electron chi connectivity index (χ2n) is 1.31. The molecular formula is C4H4MnN2O2. The van der Waals surface area contributed by atoms with Crippen LogP contribution in [0.2, 0.25) is 0 Å². The van der Waals surface area contributed by atoms with E-state index in [1.54, 1.807) is 6.07 Å². The van der Waals surface area contributed by atoms with Crippen molar-refractivity contribution in [3.8, 4) is 0 Å². The Morgan fingerprint density at radius 2 is 2.33 bits per heavy atom. The van der Waals surface area contributed by atoms with Crippen LogP contribution in [-0.2, 0) is 17.1 Å². The molecule has 49 valence electrons. The van der Waals surface area contributed by atoms with Gasteiger partial charge >= 0.3 is 5.82 Å². The first-order valence-corrected chi connectivity index (χ1v) is 2.08. The van der Waals surface area contributed by atoms with Crippen LogP contribution in [0.3, 0.4) is 0 Å². The maximum Gasteiger partial charge on any atom is 0.320 e. The normalized spacial score (nSPS) is 8.00. The van der Waals surface area contributed by atoms with Crippen molar-refractivity contribution in [2.45, 2.75) is 0 Å². The van der Waals surface area contributed by atoms with Crippen LogP contribution in [0.25, 0.3) is 0 Å². The predicted molar refractivity (Wildman–Crippen MR) is 27.4 cm³/mol. The summed E-state index contributed by atoms with van der Waals surface area (Å²) in [7, 11) is 0. The second-order valence-corrected chi connectivity index (χ2v) is 1.31. The molecule has 0 spiro atoms. The van der Waals surface area contributed by atoms with Crippen molar-refractivity contribution in [3.05, 3.63) is 28.4 Å². The average Bonchev–Trinajstić information content (AvgIpc) is 2.12. The number of nitro groups is 1. The summed E-state index contributed by atoms with van der Waals surface area (Å²) in [5.41, 5.74) is 0. The first-order valence-electron chi connectivity index (χ1n) is 2.08. The van der Waals surface area contributed by atoms with Gasteiger partial charge in [-0.1, -0.05) is 0 Å². The number of H-pyrrole nitrogens is 1. The Hall–Kier alpha value is -0.801. The Labute approximate surface area is 61.9 Å². The zero-order valence-corrected chi connectivity index (χ0v) is 5.55. The smallest absolute Gasteiger partial charge is 0.320 e. The van der Waals surface area contributed by atoms with Crippen LogP contribution in [0.1, 0.15) is 0 Å². The fourth-order valence-electron chi connectivity index (χ4n) is 0.434. The molecule has 1 aromatic heterocycles. The van der Waals surface area contributed by atoms with E-state index in [2.05, 4.69) is 4.98 Å². The van der Waals surface area contributed by atoms with E-state index < -0.39 is 4.92 Å². The number of aromatic nitrogens is 1. The van der Waals surface area contributed by atoms with E-state index in [1.807, 2.05) is 0 Å². The minimum atomic E-state index is -0.472. The number of nitrogens with one attached hydrogen (secondary N) is 1. The summed E-state index contributed by atoms with van der Waals surface area (Å²) in [5, 5.41) is 9.84. The van der Waals surface area contributed by atoms with Gasteiger partial charge < -0.3 is 10.1 Å². The summed E-state index contributed by atoms with van der Waals surface area (Å²) in [5.74, 6) is 0.0324. The molecule has 4 nitrogen and oxygen atoms in total. The van der Waals surface area contributed by atoms with E-state index in [4.69, 9.17) is 0 Å². The van der Waals surface area contributed by atoms with Gasteiger partial charge in [0.05, 0.1) is 6.20 Å². The van der Waals surface area contributed by atoms with Gasteiger partial charge in [0.15, 0.2) is 0 Å². The SMILES string of the molecule is O=[N+]([O-])c1ccc[nH]1.[Mn]. The fourth-order valence-corrected chi connectivity index (χ4v) is 0.434. The molecule has 1 aromatic rings. The minimum Gasteiger partial charge on any atom is -0.358 e. The molecule has 0 saturated heterocycles. The first kappa shape index (κ1) is 8.20. The monoisotopic (exact) mass is 167 g/mol. The number of aromatic amines is 1. The summed E-state index contributed by atoms with van der Waals surface area (Å²) < 4.78 is 0. The third-order valence-electron chi connectivity index (χ3n) is 0.778. The molecule has 0 bridgehead atoms. The molecule has 0 atom stereocenters. The van der Waals surface area contributed by atoms with Gasteiger partial charge in [-0.05, 0) is 11.0 Å². The summed E-state index contributed by atoms with van der Waals surface area (Å²) in [6, 6.07) is 2.98. The first-order chi connectivity index (χ1) is 3.80. The van der Waals surface area contributed by atoms with E-state index in [-0.39, 0.29) is 22.9 Å². The van der Waals surface area contributed by atoms with Crippen molar-refractivity contribution in [1.29, 1.82) is 0 Å². The fraction of sp³-hybridized carbons (Fsp3) is 0. The second kappa shape index (κ2) is 3.27. The maximum atomic E-state index is 9.84. The quantitative estimate of drug-likeness (QED) is 0.384. The molecule has 0 aromatic carbocycles. The van der Waals surface area contributed by atoms with Gasteiger partial charge in [0, 0.05) is 23.1 Å². The molecule has 0 amide bonds. The van der Waals surface area contributed by atoms with Crippen LogP contribution in [0.5, 0.6) is 0 Å². The van der Waals surface area contributed by atoms with Crippen molar-refractivity contribution in [1.82, 2.24) is 4.98 Å². The maximum absolute atomic E-state index is 9.84. The van der Waals surface area contributed by atoms with E-state index in [9.17, 15) is 10.1 Å². The zero-order valence-electron chi connectivity index (χ0n) is 4.37. The molecule has 1 N–H and O–H groups in total. The topological polar surface area (TPSA) is 58.9 Å². The summed E-state index contributed by atoms with van der Waals surface area (Å²) >= 11 is 0. The van der Waals surface area contributed by atoms with Crippen molar-refractivity contribution < 1.29 is 22.0 Å². The summed E-state index contributed by atoms with van der Waals surface area (Å²) in [4.78, 5) is 11.8. The van der Waals surface area contributed by atoms with Crippen LogP contribution < -0.4 is 0 Å². The van der Waals surface area contributed by atoms with Gasteiger partial charge in [0.2, 0.25) is 0 Å². The molecule has 5 heteroatoms. The molecular weight excluding hydrogens is 163 g/mol. The standard InChI is InChI=1S/C4H4N2O2.Mn/c7-6(8)4-2-1-3-5-4;/h1-3,5H;. The van der Waals surface area contributed by atoms with E-state index >= 15 is 0 Å². The van der Waals surface area contributed by atoms with E-state index in [0.717, 1.165) is 0 Å². The molecule has 0 saturated carbocycles. The minimum absolute atomic E-state index is 0. The Kier molecular flexibility index (Phi) is 2.98. The Balaban J connectivity index is 0.000000640. The Morgan fingerprint density at radius 3 is 2.56 bits per heavy atom. The number of hydrogen-bond donors (Lipinski definition) is 1. The number of nitrogens with zero attached hydrogens (tertiary/aromatic N) is 1. The van der Waals surface area contributed by atoms with Crippen LogP contribution >= 0.6 is 0 Å². The summed E-state index contributed by atoms with van der Waals surface area (Å²) in [6.45, 7) is 0. The average molecular weight is 167 g/mol. The van der Waals surface area contributed by atoms with Gasteiger partial charge in [-0.3, -0.25) is 0 Å². The van der Waals surface area contributed by atoms with Crippen LogP contribution in [0, 0.1) is 10.1 Å². The molecule has 1 heterocycles. The van der Waals surface area contributed by atoms with Crippen LogP contribution in [0.15, 0.2) is 18.3 Å². The van der Waals surface area contributed by atoms with Gasteiger partial charge in [0.1, 0.15) is 0 Å². The molecule has 0 fully saturated rings. The molecule has 0 aliphatic heterocycles. The van der Waals surface area contributed by atoms with Crippen molar-refractivity contribution >= 4 is 5.82 Å². The van der Waals surface area contributed by atoms with Gasteiger partial charge in [-0.2, -0.15) is 0 Å². The van der Waals surface area contributed by atoms with Crippen molar-refractivity contribution in [3.63, 3.8) is 0 Å². The molecule has 9 heavy (non-hydrogen) atoms. The third kappa shape index (κ3) is 1.87. The third-order valence-corrected chi connectivity index (χ3v) is 0.778. The molecule has 0 aliphatic rings. The summed E-state index contributed by atoms with van der Waals surface area (Å²) in [6.07, 6.45) is 1.51. The Morgan fingerprint density at radius 1 is 1.67 bits per heavy atom.